The quantitative estimate of drug-likeness (QED) is 0.211. The number of nitrogens with zero attached hydrogens (tertiary/aromatic N) is 2. The van der Waals surface area contributed by atoms with Gasteiger partial charge in [-0.2, -0.15) is 0 Å². The molecule has 0 fully saturated rings. The Morgan fingerprint density at radius 3 is 0.893 bits per heavy atom. The number of hydrogen-bond donors (Lipinski definition) is 0. The highest BCUT2D eigenvalue weighted by Gasteiger charge is 2.13. The molecule has 0 radical (unpaired) electrons. The lowest BCUT2D eigenvalue weighted by atomic mass is 10.0. The Morgan fingerprint density at radius 2 is 0.679 bits per heavy atom. The molecule has 0 aliphatic rings. The molecule has 0 N–H and O–H groups in total. The molecule has 4 unspecified atom stereocenters. The lowest BCUT2D eigenvalue weighted by molar-refractivity contribution is 0.193. The minimum Gasteiger partial charge on any atom is -0.303 e. The Labute approximate surface area is 179 Å². The summed E-state index contributed by atoms with van der Waals surface area (Å²) >= 11 is 0. The Balaban J connectivity index is 4.18. The summed E-state index contributed by atoms with van der Waals surface area (Å²) in [5.74, 6) is 3.33. The molecule has 0 amide bonds. The van der Waals surface area contributed by atoms with Crippen LogP contribution in [0.5, 0.6) is 0 Å². The van der Waals surface area contributed by atoms with Gasteiger partial charge in [-0.3, -0.25) is 0 Å². The molecule has 4 atom stereocenters. The van der Waals surface area contributed by atoms with E-state index in [1.165, 1.54) is 90.6 Å². The maximum atomic E-state index is 2.75. The predicted octanol–water partition coefficient (Wildman–Crippen LogP) is 7.34. The van der Waals surface area contributed by atoms with Gasteiger partial charge in [0.25, 0.3) is 0 Å². The maximum absolute atomic E-state index is 2.75. The van der Waals surface area contributed by atoms with E-state index in [9.17, 15) is 0 Å². The van der Waals surface area contributed by atoms with Crippen molar-refractivity contribution >= 4 is 0 Å². The second-order valence-electron chi connectivity index (χ2n) is 9.99. The van der Waals surface area contributed by atoms with Crippen LogP contribution in [0.25, 0.3) is 0 Å². The number of unbranched alkanes of at least 4 members (excludes halogenated alkanes) is 3. The normalized spacial score (nSPS) is 16.5. The molecule has 28 heavy (non-hydrogen) atoms. The fourth-order valence-electron chi connectivity index (χ4n) is 3.82. The lowest BCUT2D eigenvalue weighted by Gasteiger charge is -2.28. The van der Waals surface area contributed by atoms with Crippen LogP contribution in [-0.4, -0.2) is 49.1 Å². The summed E-state index contributed by atoms with van der Waals surface area (Å²) in [5.41, 5.74) is 0. The van der Waals surface area contributed by atoms with E-state index in [0.717, 1.165) is 23.7 Å². The molecule has 0 saturated carbocycles. The molecule has 0 saturated heterocycles. The van der Waals surface area contributed by atoms with Crippen LogP contribution in [-0.2, 0) is 0 Å². The minimum absolute atomic E-state index is 0.832. The molecule has 2 nitrogen and oxygen atoms in total. The van der Waals surface area contributed by atoms with Crippen molar-refractivity contribution in [1.82, 2.24) is 9.80 Å². The summed E-state index contributed by atoms with van der Waals surface area (Å²) in [4.78, 5) is 5.50. The summed E-state index contributed by atoms with van der Waals surface area (Å²) in [6, 6.07) is 0. The van der Waals surface area contributed by atoms with Gasteiger partial charge in [-0.15, -0.1) is 0 Å². The van der Waals surface area contributed by atoms with E-state index in [4.69, 9.17) is 0 Å². The van der Waals surface area contributed by atoms with Gasteiger partial charge in [-0.1, -0.05) is 93.9 Å². The van der Waals surface area contributed by atoms with Crippen LogP contribution >= 0.6 is 0 Å². The van der Waals surface area contributed by atoms with E-state index in [0.29, 0.717) is 0 Å². The van der Waals surface area contributed by atoms with Gasteiger partial charge in [0.2, 0.25) is 0 Å². The average Bonchev–Trinajstić information content (AvgIpc) is 2.69. The van der Waals surface area contributed by atoms with Gasteiger partial charge in [0, 0.05) is 26.2 Å². The van der Waals surface area contributed by atoms with Crippen LogP contribution in [0.4, 0.5) is 0 Å². The zero-order valence-corrected chi connectivity index (χ0v) is 21.1. The Kier molecular flexibility index (Phi) is 17.7. The maximum Gasteiger partial charge on any atom is 0.000703 e. The summed E-state index contributed by atoms with van der Waals surface area (Å²) in [7, 11) is 0. The van der Waals surface area contributed by atoms with Crippen molar-refractivity contribution in [1.29, 1.82) is 0 Å². The zero-order valence-electron chi connectivity index (χ0n) is 21.1. The average molecular weight is 397 g/mol. The molecule has 0 spiro atoms. The van der Waals surface area contributed by atoms with E-state index < -0.39 is 0 Å². The second kappa shape index (κ2) is 17.8. The summed E-state index contributed by atoms with van der Waals surface area (Å²) in [6.45, 7) is 26.7. The Morgan fingerprint density at radius 1 is 0.429 bits per heavy atom. The first-order valence-electron chi connectivity index (χ1n) is 12.8. The Hall–Kier alpha value is -0.0800. The minimum atomic E-state index is 0.832. The SMILES string of the molecule is CCC(C)CN(CCCCCCN(CC(C)CC)CC(C)CC)CC(C)CC. The van der Waals surface area contributed by atoms with Crippen LogP contribution < -0.4 is 0 Å². The molecule has 0 aromatic rings. The predicted molar refractivity (Wildman–Crippen MR) is 129 cm³/mol. The standard InChI is InChI=1S/C26H56N2/c1-9-23(5)19-27(20-24(6)10-2)17-15-13-14-16-18-28(21-25(7)11-3)22-26(8)12-4/h23-26H,9-22H2,1-8H3. The molecule has 170 valence electrons. The highest BCUT2D eigenvalue weighted by Crippen LogP contribution is 2.13. The molecule has 0 aromatic heterocycles. The van der Waals surface area contributed by atoms with Crippen molar-refractivity contribution < 1.29 is 0 Å². The molecule has 0 bridgehead atoms. The largest absolute Gasteiger partial charge is 0.303 e. The Bertz CT molecular complexity index is 274. The fraction of sp³-hybridized carbons (Fsp3) is 1.00. The third-order valence-electron chi connectivity index (χ3n) is 6.77. The topological polar surface area (TPSA) is 6.48 Å². The zero-order chi connectivity index (χ0) is 21.4. The third-order valence-corrected chi connectivity index (χ3v) is 6.77. The molecule has 0 rings (SSSR count). The summed E-state index contributed by atoms with van der Waals surface area (Å²) < 4.78 is 0. The van der Waals surface area contributed by atoms with Crippen LogP contribution in [0.3, 0.4) is 0 Å². The monoisotopic (exact) mass is 396 g/mol. The van der Waals surface area contributed by atoms with Crippen molar-refractivity contribution in [2.24, 2.45) is 23.7 Å². The molecule has 0 heterocycles. The van der Waals surface area contributed by atoms with Crippen LogP contribution in [0, 0.1) is 23.7 Å². The van der Waals surface area contributed by atoms with Crippen molar-refractivity contribution in [2.45, 2.75) is 107 Å². The third kappa shape index (κ3) is 14.9. The molecular formula is C26H56N2. The second-order valence-corrected chi connectivity index (χ2v) is 9.99. The summed E-state index contributed by atoms with van der Waals surface area (Å²) in [5, 5.41) is 0. The number of hydrogen-bond acceptors (Lipinski definition) is 2. The van der Waals surface area contributed by atoms with Gasteiger partial charge in [-0.25, -0.2) is 0 Å². The van der Waals surface area contributed by atoms with Gasteiger partial charge in [0.1, 0.15) is 0 Å². The highest BCUT2D eigenvalue weighted by atomic mass is 15.1. The molecule has 0 aliphatic heterocycles. The van der Waals surface area contributed by atoms with Gasteiger partial charge < -0.3 is 9.80 Å². The van der Waals surface area contributed by atoms with Crippen molar-refractivity contribution in [3.05, 3.63) is 0 Å². The molecule has 0 aliphatic carbocycles. The first kappa shape index (κ1) is 27.9. The van der Waals surface area contributed by atoms with E-state index in [-0.39, 0.29) is 0 Å². The van der Waals surface area contributed by atoms with Crippen LogP contribution in [0.15, 0.2) is 0 Å². The van der Waals surface area contributed by atoms with Crippen LogP contribution in [0.1, 0.15) is 107 Å². The van der Waals surface area contributed by atoms with Gasteiger partial charge >= 0.3 is 0 Å². The number of rotatable bonds is 19. The molecular weight excluding hydrogens is 340 g/mol. The van der Waals surface area contributed by atoms with Crippen molar-refractivity contribution in [3.63, 3.8) is 0 Å². The van der Waals surface area contributed by atoms with E-state index in [2.05, 4.69) is 65.2 Å². The fourth-order valence-corrected chi connectivity index (χ4v) is 3.82. The molecule has 0 aromatic carbocycles. The van der Waals surface area contributed by atoms with Gasteiger partial charge in [0.15, 0.2) is 0 Å². The smallest absolute Gasteiger partial charge is 0.000703 e. The van der Waals surface area contributed by atoms with E-state index >= 15 is 0 Å². The lowest BCUT2D eigenvalue weighted by Crippen LogP contribution is -2.34. The van der Waals surface area contributed by atoms with Crippen molar-refractivity contribution in [3.8, 4) is 0 Å². The van der Waals surface area contributed by atoms with E-state index in [1.54, 1.807) is 0 Å². The first-order chi connectivity index (χ1) is 13.4. The first-order valence-corrected chi connectivity index (χ1v) is 12.8. The van der Waals surface area contributed by atoms with E-state index in [1.807, 2.05) is 0 Å². The van der Waals surface area contributed by atoms with Gasteiger partial charge in [-0.05, 0) is 49.6 Å². The van der Waals surface area contributed by atoms with Gasteiger partial charge in [0.05, 0.1) is 0 Å². The summed E-state index contributed by atoms with van der Waals surface area (Å²) in [6.07, 6.45) is 10.8. The highest BCUT2D eigenvalue weighted by molar-refractivity contribution is 4.67. The van der Waals surface area contributed by atoms with Crippen molar-refractivity contribution in [2.75, 3.05) is 39.3 Å². The van der Waals surface area contributed by atoms with Crippen LogP contribution in [0.2, 0.25) is 0 Å². The molecule has 2 heteroatoms.